The zero-order chi connectivity index (χ0) is 17.9. The van der Waals surface area contributed by atoms with E-state index in [4.69, 9.17) is 11.6 Å². The van der Waals surface area contributed by atoms with E-state index < -0.39 is 10.0 Å². The lowest BCUT2D eigenvalue weighted by Gasteiger charge is -2.09. The Labute approximate surface area is 150 Å². The lowest BCUT2D eigenvalue weighted by Crippen LogP contribution is -2.14. The number of para-hydroxylation sites is 1. The fourth-order valence-corrected chi connectivity index (χ4v) is 3.24. The molecule has 2 aromatic carbocycles. The van der Waals surface area contributed by atoms with Crippen molar-refractivity contribution in [2.45, 2.75) is 11.8 Å². The van der Waals surface area contributed by atoms with Gasteiger partial charge in [-0.2, -0.15) is 0 Å². The molecule has 0 aliphatic carbocycles. The van der Waals surface area contributed by atoms with E-state index in [1.807, 2.05) is 31.2 Å². The lowest BCUT2D eigenvalue weighted by molar-refractivity contribution is 0.601. The third-order valence-corrected chi connectivity index (χ3v) is 5.06. The van der Waals surface area contributed by atoms with E-state index in [-0.39, 0.29) is 10.7 Å². The fourth-order valence-electron chi connectivity index (χ4n) is 2.11. The van der Waals surface area contributed by atoms with E-state index in [2.05, 4.69) is 20.2 Å². The number of nitrogens with one attached hydrogen (secondary N) is 2. The van der Waals surface area contributed by atoms with Gasteiger partial charge in [-0.3, -0.25) is 4.72 Å². The standard InChI is InChI=1S/C17H15ClN4O2S/c1-12-4-2-3-5-15(12)19-16-10-11-17(21-20-16)22-25(23,24)14-8-6-13(18)7-9-14/h2-11H,1H3,(H,19,20)(H,21,22). The summed E-state index contributed by atoms with van der Waals surface area (Å²) < 4.78 is 27.0. The highest BCUT2D eigenvalue weighted by atomic mass is 35.5. The molecule has 0 unspecified atom stereocenters. The van der Waals surface area contributed by atoms with E-state index in [1.54, 1.807) is 12.1 Å². The normalized spacial score (nSPS) is 11.1. The third kappa shape index (κ3) is 4.26. The Kier molecular flexibility index (Phi) is 4.87. The summed E-state index contributed by atoms with van der Waals surface area (Å²) in [6.07, 6.45) is 0. The minimum atomic E-state index is -3.74. The Bertz CT molecular complexity index is 974. The van der Waals surface area contributed by atoms with Gasteiger partial charge in [-0.05, 0) is 55.0 Å². The monoisotopic (exact) mass is 374 g/mol. The van der Waals surface area contributed by atoms with Crippen molar-refractivity contribution in [3.05, 3.63) is 71.2 Å². The highest BCUT2D eigenvalue weighted by Crippen LogP contribution is 2.20. The van der Waals surface area contributed by atoms with Gasteiger partial charge < -0.3 is 5.32 Å². The molecular formula is C17H15ClN4O2S. The first-order valence-corrected chi connectivity index (χ1v) is 9.25. The van der Waals surface area contributed by atoms with Crippen LogP contribution in [0.15, 0.2) is 65.6 Å². The first kappa shape index (κ1) is 17.2. The van der Waals surface area contributed by atoms with Crippen LogP contribution in [0.4, 0.5) is 17.3 Å². The van der Waals surface area contributed by atoms with Gasteiger partial charge in [-0.25, -0.2) is 8.42 Å². The van der Waals surface area contributed by atoms with Crippen molar-refractivity contribution in [2.75, 3.05) is 10.0 Å². The summed E-state index contributed by atoms with van der Waals surface area (Å²) in [5, 5.41) is 11.5. The molecule has 0 atom stereocenters. The Hall–Kier alpha value is -2.64. The average Bonchev–Trinajstić information content (AvgIpc) is 2.59. The van der Waals surface area contributed by atoms with Crippen LogP contribution in [0.5, 0.6) is 0 Å². The number of rotatable bonds is 5. The number of hydrogen-bond donors (Lipinski definition) is 2. The van der Waals surface area contributed by atoms with E-state index in [0.29, 0.717) is 10.8 Å². The topological polar surface area (TPSA) is 84.0 Å². The number of halogens is 1. The summed E-state index contributed by atoms with van der Waals surface area (Å²) in [4.78, 5) is 0.0980. The SMILES string of the molecule is Cc1ccccc1Nc1ccc(NS(=O)(=O)c2ccc(Cl)cc2)nn1. The second-order valence-electron chi connectivity index (χ2n) is 5.30. The van der Waals surface area contributed by atoms with Crippen molar-refractivity contribution in [1.82, 2.24) is 10.2 Å². The van der Waals surface area contributed by atoms with Gasteiger partial charge in [0.05, 0.1) is 4.90 Å². The molecule has 2 N–H and O–H groups in total. The number of hydrogen-bond acceptors (Lipinski definition) is 5. The molecule has 0 aliphatic rings. The largest absolute Gasteiger partial charge is 0.339 e. The molecule has 1 aromatic heterocycles. The van der Waals surface area contributed by atoms with E-state index in [0.717, 1.165) is 11.3 Å². The van der Waals surface area contributed by atoms with E-state index >= 15 is 0 Å². The van der Waals surface area contributed by atoms with Crippen LogP contribution in [0.1, 0.15) is 5.56 Å². The van der Waals surface area contributed by atoms with Crippen molar-refractivity contribution < 1.29 is 8.42 Å². The van der Waals surface area contributed by atoms with Gasteiger partial charge in [0.15, 0.2) is 11.6 Å². The molecule has 6 nitrogen and oxygen atoms in total. The van der Waals surface area contributed by atoms with Gasteiger partial charge in [-0.15, -0.1) is 10.2 Å². The Morgan fingerprint density at radius 2 is 1.52 bits per heavy atom. The van der Waals surface area contributed by atoms with E-state index in [1.165, 1.54) is 24.3 Å². The van der Waals surface area contributed by atoms with Crippen LogP contribution in [-0.2, 0) is 10.0 Å². The van der Waals surface area contributed by atoms with Crippen LogP contribution < -0.4 is 10.0 Å². The quantitative estimate of drug-likeness (QED) is 0.705. The average molecular weight is 375 g/mol. The maximum absolute atomic E-state index is 12.3. The molecule has 0 fully saturated rings. The number of benzene rings is 2. The van der Waals surface area contributed by atoms with E-state index in [9.17, 15) is 8.42 Å². The number of anilines is 3. The van der Waals surface area contributed by atoms with Gasteiger partial charge in [0.1, 0.15) is 0 Å². The predicted octanol–water partition coefficient (Wildman–Crippen LogP) is 3.98. The van der Waals surface area contributed by atoms with Crippen molar-refractivity contribution in [3.8, 4) is 0 Å². The molecule has 0 bridgehead atoms. The second kappa shape index (κ2) is 7.08. The molecule has 25 heavy (non-hydrogen) atoms. The van der Waals surface area contributed by atoms with Crippen LogP contribution in [0, 0.1) is 6.92 Å². The molecule has 1 heterocycles. The van der Waals surface area contributed by atoms with Gasteiger partial charge >= 0.3 is 0 Å². The lowest BCUT2D eigenvalue weighted by atomic mass is 10.2. The van der Waals surface area contributed by atoms with Crippen LogP contribution in [0.25, 0.3) is 0 Å². The van der Waals surface area contributed by atoms with Gasteiger partial charge in [0.2, 0.25) is 0 Å². The molecule has 8 heteroatoms. The zero-order valence-corrected chi connectivity index (χ0v) is 14.8. The summed E-state index contributed by atoms with van der Waals surface area (Å²) in [6, 6.07) is 16.8. The summed E-state index contributed by atoms with van der Waals surface area (Å²) in [5.41, 5.74) is 1.98. The van der Waals surface area contributed by atoms with Crippen LogP contribution in [0.2, 0.25) is 5.02 Å². The smallest absolute Gasteiger partial charge is 0.263 e. The Morgan fingerprint density at radius 3 is 2.16 bits per heavy atom. The third-order valence-electron chi connectivity index (χ3n) is 3.44. The zero-order valence-electron chi connectivity index (χ0n) is 13.3. The van der Waals surface area contributed by atoms with Gasteiger partial charge in [-0.1, -0.05) is 29.8 Å². The van der Waals surface area contributed by atoms with Crippen LogP contribution in [-0.4, -0.2) is 18.6 Å². The highest BCUT2D eigenvalue weighted by molar-refractivity contribution is 7.92. The van der Waals surface area contributed by atoms with Crippen molar-refractivity contribution in [2.24, 2.45) is 0 Å². The molecule has 0 spiro atoms. The summed E-state index contributed by atoms with van der Waals surface area (Å²) in [5.74, 6) is 0.647. The summed E-state index contributed by atoms with van der Waals surface area (Å²) in [6.45, 7) is 1.98. The Balaban J connectivity index is 1.74. The number of aryl methyl sites for hydroxylation is 1. The molecule has 0 radical (unpaired) electrons. The van der Waals surface area contributed by atoms with Crippen LogP contribution in [0.3, 0.4) is 0 Å². The highest BCUT2D eigenvalue weighted by Gasteiger charge is 2.15. The number of nitrogens with zero attached hydrogens (tertiary/aromatic N) is 2. The number of aromatic nitrogens is 2. The first-order valence-electron chi connectivity index (χ1n) is 7.39. The first-order chi connectivity index (χ1) is 11.9. The fraction of sp³-hybridized carbons (Fsp3) is 0.0588. The molecule has 0 saturated heterocycles. The second-order valence-corrected chi connectivity index (χ2v) is 7.42. The van der Waals surface area contributed by atoms with Crippen molar-refractivity contribution >= 4 is 38.9 Å². The molecule has 0 amide bonds. The maximum atomic E-state index is 12.3. The van der Waals surface area contributed by atoms with Crippen LogP contribution >= 0.6 is 11.6 Å². The Morgan fingerprint density at radius 1 is 0.880 bits per heavy atom. The minimum Gasteiger partial charge on any atom is -0.339 e. The molecule has 0 saturated carbocycles. The molecule has 128 valence electrons. The molecule has 3 aromatic rings. The predicted molar refractivity (Wildman–Crippen MR) is 98.8 cm³/mol. The molecular weight excluding hydrogens is 360 g/mol. The molecule has 0 aliphatic heterocycles. The number of sulfonamides is 1. The molecule has 3 rings (SSSR count). The van der Waals surface area contributed by atoms with Crippen molar-refractivity contribution in [1.29, 1.82) is 0 Å². The van der Waals surface area contributed by atoms with Gasteiger partial charge in [0.25, 0.3) is 10.0 Å². The maximum Gasteiger partial charge on any atom is 0.263 e. The van der Waals surface area contributed by atoms with Gasteiger partial charge in [0, 0.05) is 10.7 Å². The summed E-state index contributed by atoms with van der Waals surface area (Å²) in [7, 11) is -3.74. The summed E-state index contributed by atoms with van der Waals surface area (Å²) >= 11 is 5.77. The van der Waals surface area contributed by atoms with Crippen molar-refractivity contribution in [3.63, 3.8) is 0 Å². The minimum absolute atomic E-state index is 0.0980.